The van der Waals surface area contributed by atoms with Crippen molar-refractivity contribution in [2.45, 2.75) is 32.4 Å². The van der Waals surface area contributed by atoms with Crippen LogP contribution in [0.1, 0.15) is 24.0 Å². The number of anilines is 2. The number of aromatic nitrogens is 2. The lowest BCUT2D eigenvalue weighted by atomic mass is 10.1. The fourth-order valence-electron chi connectivity index (χ4n) is 3.95. The molecule has 2 heterocycles. The number of halogens is 1. The van der Waals surface area contributed by atoms with Gasteiger partial charge >= 0.3 is 0 Å². The maximum atomic E-state index is 8.97. The van der Waals surface area contributed by atoms with E-state index in [1.54, 1.807) is 0 Å². The van der Waals surface area contributed by atoms with Crippen LogP contribution in [0.4, 0.5) is 17.3 Å². The first-order valence-corrected chi connectivity index (χ1v) is 11.5. The molecule has 1 fully saturated rings. The predicted octanol–water partition coefficient (Wildman–Crippen LogP) is 4.84. The van der Waals surface area contributed by atoms with Crippen molar-refractivity contribution >= 4 is 44.0 Å². The SMILES string of the molecule is [C-]#[N+]c1ccc2c(N3CCC(OCCO)CC3)nnc(NCc3ccc(C)c(Br)c3)c2c1. The van der Waals surface area contributed by atoms with Gasteiger partial charge in [0.25, 0.3) is 0 Å². The zero-order valence-corrected chi connectivity index (χ0v) is 19.6. The Bertz CT molecular complexity index is 1140. The number of aliphatic hydroxyl groups is 1. The van der Waals surface area contributed by atoms with Crippen LogP contribution in [0.2, 0.25) is 0 Å². The van der Waals surface area contributed by atoms with E-state index in [0.717, 1.165) is 52.6 Å². The molecule has 8 heteroatoms. The van der Waals surface area contributed by atoms with Crippen molar-refractivity contribution in [3.05, 3.63) is 63.4 Å². The van der Waals surface area contributed by atoms with Crippen LogP contribution in [0.3, 0.4) is 0 Å². The smallest absolute Gasteiger partial charge is 0.188 e. The molecule has 0 unspecified atom stereocenters. The van der Waals surface area contributed by atoms with E-state index < -0.39 is 0 Å². The first-order chi connectivity index (χ1) is 15.6. The Hall–Kier alpha value is -2.73. The number of aliphatic hydroxyl groups excluding tert-OH is 1. The number of nitrogens with one attached hydrogen (secondary N) is 1. The highest BCUT2D eigenvalue weighted by Crippen LogP contribution is 2.33. The highest BCUT2D eigenvalue weighted by atomic mass is 79.9. The Morgan fingerprint density at radius 2 is 2.00 bits per heavy atom. The summed E-state index contributed by atoms with van der Waals surface area (Å²) in [5.41, 5.74) is 2.90. The molecule has 0 spiro atoms. The van der Waals surface area contributed by atoms with Crippen LogP contribution in [-0.2, 0) is 11.3 Å². The van der Waals surface area contributed by atoms with Crippen LogP contribution < -0.4 is 10.2 Å². The third-order valence-electron chi connectivity index (χ3n) is 5.76. The summed E-state index contributed by atoms with van der Waals surface area (Å²) >= 11 is 3.59. The molecule has 1 aliphatic heterocycles. The molecule has 4 rings (SSSR count). The maximum Gasteiger partial charge on any atom is 0.188 e. The number of hydrogen-bond acceptors (Lipinski definition) is 6. The summed E-state index contributed by atoms with van der Waals surface area (Å²) in [5.74, 6) is 1.51. The van der Waals surface area contributed by atoms with Gasteiger partial charge in [0, 0.05) is 34.9 Å². The Balaban J connectivity index is 1.58. The maximum absolute atomic E-state index is 8.97. The Labute approximate surface area is 196 Å². The lowest BCUT2D eigenvalue weighted by Crippen LogP contribution is -2.38. The summed E-state index contributed by atoms with van der Waals surface area (Å²) in [6.07, 6.45) is 1.93. The van der Waals surface area contributed by atoms with Crippen LogP contribution >= 0.6 is 15.9 Å². The van der Waals surface area contributed by atoms with Crippen LogP contribution in [0.25, 0.3) is 15.6 Å². The topological polar surface area (TPSA) is 74.9 Å². The van der Waals surface area contributed by atoms with Crippen molar-refractivity contribution in [2.75, 3.05) is 36.5 Å². The van der Waals surface area contributed by atoms with E-state index in [1.807, 2.05) is 18.2 Å². The summed E-state index contributed by atoms with van der Waals surface area (Å²) < 4.78 is 6.76. The minimum Gasteiger partial charge on any atom is -0.394 e. The molecule has 2 aromatic carbocycles. The molecule has 0 saturated carbocycles. The van der Waals surface area contributed by atoms with Crippen LogP contribution in [0.5, 0.6) is 0 Å². The van der Waals surface area contributed by atoms with E-state index in [0.29, 0.717) is 24.7 Å². The monoisotopic (exact) mass is 495 g/mol. The fourth-order valence-corrected chi connectivity index (χ4v) is 4.37. The third kappa shape index (κ3) is 5.01. The molecule has 1 saturated heterocycles. The van der Waals surface area contributed by atoms with Crippen LogP contribution in [0.15, 0.2) is 40.9 Å². The van der Waals surface area contributed by atoms with Gasteiger partial charge in [-0.25, -0.2) is 4.85 Å². The summed E-state index contributed by atoms with van der Waals surface area (Å²) in [6, 6.07) is 11.9. The minimum absolute atomic E-state index is 0.0493. The Morgan fingerprint density at radius 1 is 1.19 bits per heavy atom. The molecule has 1 aliphatic rings. The predicted molar refractivity (Wildman–Crippen MR) is 130 cm³/mol. The molecular formula is C24H26BrN5O2. The molecule has 32 heavy (non-hydrogen) atoms. The summed E-state index contributed by atoms with van der Waals surface area (Å²) in [5, 5.41) is 23.3. The van der Waals surface area contributed by atoms with Gasteiger partial charge in [-0.2, -0.15) is 0 Å². The molecular weight excluding hydrogens is 470 g/mol. The van der Waals surface area contributed by atoms with Crippen molar-refractivity contribution in [3.63, 3.8) is 0 Å². The van der Waals surface area contributed by atoms with Gasteiger partial charge < -0.3 is 20.1 Å². The number of nitrogens with zero attached hydrogens (tertiary/aromatic N) is 4. The first kappa shape index (κ1) is 22.5. The van der Waals surface area contributed by atoms with Gasteiger partial charge in [-0.3, -0.25) is 0 Å². The summed E-state index contributed by atoms with van der Waals surface area (Å²) in [4.78, 5) is 5.83. The second-order valence-electron chi connectivity index (χ2n) is 7.93. The molecule has 1 aromatic heterocycles. The highest BCUT2D eigenvalue weighted by Gasteiger charge is 2.23. The minimum atomic E-state index is 0.0493. The average molecular weight is 496 g/mol. The molecule has 0 radical (unpaired) electrons. The zero-order valence-electron chi connectivity index (χ0n) is 18.0. The molecule has 166 valence electrons. The van der Waals surface area contributed by atoms with Crippen molar-refractivity contribution < 1.29 is 9.84 Å². The average Bonchev–Trinajstić information content (AvgIpc) is 2.83. The fraction of sp³-hybridized carbons (Fsp3) is 0.375. The van der Waals surface area contributed by atoms with Crippen molar-refractivity contribution in [1.82, 2.24) is 10.2 Å². The van der Waals surface area contributed by atoms with Crippen molar-refractivity contribution in [3.8, 4) is 0 Å². The Morgan fingerprint density at radius 3 is 2.72 bits per heavy atom. The molecule has 0 bridgehead atoms. The van der Waals surface area contributed by atoms with Gasteiger partial charge in [0.15, 0.2) is 17.3 Å². The molecule has 3 aromatic rings. The van der Waals surface area contributed by atoms with Crippen molar-refractivity contribution in [1.29, 1.82) is 0 Å². The van der Waals surface area contributed by atoms with Crippen LogP contribution in [0, 0.1) is 13.5 Å². The quantitative estimate of drug-likeness (QED) is 0.456. The van der Waals surface area contributed by atoms with E-state index >= 15 is 0 Å². The number of rotatable bonds is 7. The van der Waals surface area contributed by atoms with E-state index in [1.165, 1.54) is 5.56 Å². The second-order valence-corrected chi connectivity index (χ2v) is 8.79. The normalized spacial score (nSPS) is 14.5. The number of aryl methyl sites for hydroxylation is 1. The summed E-state index contributed by atoms with van der Waals surface area (Å²) in [6.45, 7) is 12.1. The molecule has 2 N–H and O–H groups in total. The molecule has 0 aliphatic carbocycles. The van der Waals surface area contributed by atoms with E-state index in [-0.39, 0.29) is 12.7 Å². The number of benzene rings is 2. The number of fused-ring (bicyclic) bond motifs is 1. The third-order valence-corrected chi connectivity index (χ3v) is 6.61. The van der Waals surface area contributed by atoms with Gasteiger partial charge in [0.1, 0.15) is 0 Å². The van der Waals surface area contributed by atoms with E-state index in [2.05, 4.69) is 66.3 Å². The van der Waals surface area contributed by atoms with Gasteiger partial charge in [-0.1, -0.05) is 40.2 Å². The van der Waals surface area contributed by atoms with E-state index in [9.17, 15) is 0 Å². The Kier molecular flexibility index (Phi) is 7.20. The standard InChI is InChI=1S/C24H26BrN5O2/c1-16-3-4-17(13-22(16)25)15-27-23-21-14-18(26-2)5-6-20(21)24(29-28-23)30-9-7-19(8-10-30)32-12-11-31/h3-6,13-14,19,31H,7-12,15H2,1H3,(H,27,28). The van der Waals surface area contributed by atoms with Gasteiger partial charge in [0.05, 0.1) is 25.9 Å². The number of hydrogen-bond donors (Lipinski definition) is 2. The molecule has 0 atom stereocenters. The van der Waals surface area contributed by atoms with E-state index in [4.69, 9.17) is 16.4 Å². The van der Waals surface area contributed by atoms with Gasteiger partial charge in [-0.15, -0.1) is 10.2 Å². The zero-order chi connectivity index (χ0) is 22.5. The lowest BCUT2D eigenvalue weighted by molar-refractivity contribution is 0.0158. The van der Waals surface area contributed by atoms with Gasteiger partial charge in [-0.05, 0) is 43.0 Å². The summed E-state index contributed by atoms with van der Waals surface area (Å²) in [7, 11) is 0. The van der Waals surface area contributed by atoms with Gasteiger partial charge in [0.2, 0.25) is 0 Å². The molecule has 0 amide bonds. The first-order valence-electron chi connectivity index (χ1n) is 10.7. The van der Waals surface area contributed by atoms with Crippen LogP contribution in [-0.4, -0.2) is 47.7 Å². The van der Waals surface area contributed by atoms with Crippen molar-refractivity contribution in [2.24, 2.45) is 0 Å². The number of ether oxygens (including phenoxy) is 1. The lowest BCUT2D eigenvalue weighted by Gasteiger charge is -2.33. The molecule has 7 nitrogen and oxygen atoms in total. The number of piperidine rings is 1. The second kappa shape index (κ2) is 10.3. The highest BCUT2D eigenvalue weighted by molar-refractivity contribution is 9.10. The largest absolute Gasteiger partial charge is 0.394 e.